The third-order valence-electron chi connectivity index (χ3n) is 3.64. The molecule has 0 spiro atoms. The average molecular weight is 298 g/mol. The highest BCUT2D eigenvalue weighted by molar-refractivity contribution is 5.74. The molecule has 0 saturated heterocycles. The van der Waals surface area contributed by atoms with E-state index in [1.54, 1.807) is 35.0 Å². The van der Waals surface area contributed by atoms with Crippen molar-refractivity contribution in [2.24, 2.45) is 0 Å². The predicted octanol–water partition coefficient (Wildman–Crippen LogP) is 1.39. The van der Waals surface area contributed by atoms with Crippen LogP contribution in [0.4, 0.5) is 0 Å². The Bertz CT molecular complexity index is 830. The Morgan fingerprint density at radius 3 is 2.64 bits per heavy atom. The second kappa shape index (κ2) is 5.53. The van der Waals surface area contributed by atoms with Crippen LogP contribution in [0.15, 0.2) is 42.9 Å². The maximum atomic E-state index is 11.1. The van der Waals surface area contributed by atoms with Crippen molar-refractivity contribution in [1.82, 2.24) is 19.6 Å². The Morgan fingerprint density at radius 2 is 1.91 bits per heavy atom. The first kappa shape index (κ1) is 14.2. The second-order valence-electron chi connectivity index (χ2n) is 4.93. The molecule has 112 valence electrons. The van der Waals surface area contributed by atoms with Gasteiger partial charge < -0.3 is 10.2 Å². The van der Waals surface area contributed by atoms with Crippen LogP contribution >= 0.6 is 0 Å². The summed E-state index contributed by atoms with van der Waals surface area (Å²) in [5.74, 6) is -0.988. The predicted molar refractivity (Wildman–Crippen MR) is 77.3 cm³/mol. The van der Waals surface area contributed by atoms with Gasteiger partial charge in [-0.2, -0.15) is 10.1 Å². The average Bonchev–Trinajstić information content (AvgIpc) is 3.02. The van der Waals surface area contributed by atoms with Gasteiger partial charge in [-0.25, -0.2) is 14.3 Å². The molecule has 2 heterocycles. The van der Waals surface area contributed by atoms with Crippen molar-refractivity contribution in [3.8, 4) is 0 Å². The van der Waals surface area contributed by atoms with E-state index in [1.807, 2.05) is 13.0 Å². The Hall–Kier alpha value is -2.80. The summed E-state index contributed by atoms with van der Waals surface area (Å²) in [4.78, 5) is 19.2. The number of carboxylic acids is 1. The molecule has 3 aromatic rings. The number of aliphatic hydroxyl groups excluding tert-OH is 1. The molecule has 1 aromatic carbocycles. The molecular formula is C15H14N4O3. The molecule has 2 aromatic heterocycles. The zero-order valence-corrected chi connectivity index (χ0v) is 11.8. The van der Waals surface area contributed by atoms with Crippen LogP contribution in [-0.4, -0.2) is 35.8 Å². The number of carbonyl (C=O) groups is 1. The smallest absolute Gasteiger partial charge is 0.337 e. The van der Waals surface area contributed by atoms with E-state index >= 15 is 0 Å². The molecule has 2 atom stereocenters. The third kappa shape index (κ3) is 2.31. The summed E-state index contributed by atoms with van der Waals surface area (Å²) >= 11 is 0. The molecule has 7 nitrogen and oxygen atoms in total. The molecule has 0 radical (unpaired) electrons. The SMILES string of the molecule is CC(c1ccccc1[C@@H](O)C(=O)O)c1ccnc2ncnn12. The van der Waals surface area contributed by atoms with Crippen LogP contribution in [0.1, 0.15) is 35.8 Å². The van der Waals surface area contributed by atoms with Crippen molar-refractivity contribution in [1.29, 1.82) is 0 Å². The number of rotatable bonds is 4. The zero-order valence-electron chi connectivity index (χ0n) is 11.8. The highest BCUT2D eigenvalue weighted by Crippen LogP contribution is 2.30. The molecule has 22 heavy (non-hydrogen) atoms. The minimum Gasteiger partial charge on any atom is -0.479 e. The van der Waals surface area contributed by atoms with E-state index in [1.165, 1.54) is 6.33 Å². The first-order valence-electron chi connectivity index (χ1n) is 6.74. The molecule has 1 unspecified atom stereocenters. The van der Waals surface area contributed by atoms with E-state index in [4.69, 9.17) is 5.11 Å². The number of nitrogens with zero attached hydrogens (tertiary/aromatic N) is 4. The van der Waals surface area contributed by atoms with Gasteiger partial charge in [-0.05, 0) is 17.2 Å². The van der Waals surface area contributed by atoms with Crippen LogP contribution in [0.2, 0.25) is 0 Å². The number of hydrogen-bond acceptors (Lipinski definition) is 5. The van der Waals surface area contributed by atoms with Gasteiger partial charge in [0.15, 0.2) is 6.10 Å². The maximum Gasteiger partial charge on any atom is 0.337 e. The minimum absolute atomic E-state index is 0.183. The third-order valence-corrected chi connectivity index (χ3v) is 3.64. The maximum absolute atomic E-state index is 11.1. The van der Waals surface area contributed by atoms with Crippen LogP contribution in [-0.2, 0) is 4.79 Å². The van der Waals surface area contributed by atoms with Crippen molar-refractivity contribution in [3.05, 3.63) is 59.7 Å². The largest absolute Gasteiger partial charge is 0.479 e. The van der Waals surface area contributed by atoms with E-state index < -0.39 is 12.1 Å². The van der Waals surface area contributed by atoms with Crippen LogP contribution < -0.4 is 0 Å². The van der Waals surface area contributed by atoms with Crippen molar-refractivity contribution in [2.45, 2.75) is 18.9 Å². The number of carboxylic acid groups (broad SMARTS) is 1. The molecular weight excluding hydrogens is 284 g/mol. The molecule has 0 fully saturated rings. The molecule has 0 aliphatic heterocycles. The Balaban J connectivity index is 2.11. The Morgan fingerprint density at radius 1 is 1.18 bits per heavy atom. The van der Waals surface area contributed by atoms with Crippen LogP contribution in [0, 0.1) is 0 Å². The number of aliphatic hydroxyl groups is 1. The topological polar surface area (TPSA) is 101 Å². The minimum atomic E-state index is -1.56. The van der Waals surface area contributed by atoms with Gasteiger partial charge in [0.1, 0.15) is 6.33 Å². The molecule has 7 heteroatoms. The van der Waals surface area contributed by atoms with E-state index in [9.17, 15) is 9.90 Å². The van der Waals surface area contributed by atoms with Gasteiger partial charge in [-0.1, -0.05) is 31.2 Å². The van der Waals surface area contributed by atoms with E-state index in [0.29, 0.717) is 11.3 Å². The second-order valence-corrected chi connectivity index (χ2v) is 4.93. The molecule has 0 bridgehead atoms. The summed E-state index contributed by atoms with van der Waals surface area (Å²) in [6.07, 6.45) is 1.48. The van der Waals surface area contributed by atoms with E-state index in [2.05, 4.69) is 15.1 Å². The van der Waals surface area contributed by atoms with Gasteiger partial charge in [0.25, 0.3) is 5.78 Å². The van der Waals surface area contributed by atoms with Gasteiger partial charge in [0, 0.05) is 12.1 Å². The molecule has 2 N–H and O–H groups in total. The lowest BCUT2D eigenvalue weighted by Crippen LogP contribution is -2.15. The lowest BCUT2D eigenvalue weighted by molar-refractivity contribution is -0.147. The fourth-order valence-corrected chi connectivity index (χ4v) is 2.53. The van der Waals surface area contributed by atoms with Crippen LogP contribution in [0.3, 0.4) is 0 Å². The summed E-state index contributed by atoms with van der Waals surface area (Å²) in [6.45, 7) is 1.92. The fourth-order valence-electron chi connectivity index (χ4n) is 2.53. The summed E-state index contributed by atoms with van der Waals surface area (Å²) in [5, 5.41) is 23.1. The standard InChI is InChI=1S/C15H14N4O3/c1-9(12-6-7-16-15-17-8-18-19(12)15)10-4-2-3-5-11(10)13(20)14(21)22/h2-9,13,20H,1H3,(H,21,22)/t9?,13-/m1/s1. The van der Waals surface area contributed by atoms with Crippen molar-refractivity contribution in [3.63, 3.8) is 0 Å². The Kier molecular flexibility index (Phi) is 3.56. The van der Waals surface area contributed by atoms with Crippen molar-refractivity contribution < 1.29 is 15.0 Å². The van der Waals surface area contributed by atoms with Crippen LogP contribution in [0.5, 0.6) is 0 Å². The zero-order chi connectivity index (χ0) is 15.7. The first-order chi connectivity index (χ1) is 10.6. The van der Waals surface area contributed by atoms with Gasteiger partial charge in [-0.3, -0.25) is 0 Å². The van der Waals surface area contributed by atoms with Crippen molar-refractivity contribution >= 4 is 11.7 Å². The number of fused-ring (bicyclic) bond motifs is 1. The molecule has 0 aliphatic rings. The monoisotopic (exact) mass is 298 g/mol. The normalized spacial score (nSPS) is 13.9. The molecule has 0 aliphatic carbocycles. The fraction of sp³-hybridized carbons (Fsp3) is 0.200. The van der Waals surface area contributed by atoms with Gasteiger partial charge in [0.05, 0.1) is 5.69 Å². The van der Waals surface area contributed by atoms with E-state index in [-0.39, 0.29) is 5.92 Å². The summed E-state index contributed by atoms with van der Waals surface area (Å²) in [7, 11) is 0. The summed E-state index contributed by atoms with van der Waals surface area (Å²) < 4.78 is 1.61. The Labute approximate surface area is 125 Å². The highest BCUT2D eigenvalue weighted by Gasteiger charge is 2.23. The number of aliphatic carboxylic acids is 1. The van der Waals surface area contributed by atoms with Crippen molar-refractivity contribution in [2.75, 3.05) is 0 Å². The summed E-state index contributed by atoms with van der Waals surface area (Å²) in [6, 6.07) is 8.73. The van der Waals surface area contributed by atoms with E-state index in [0.717, 1.165) is 11.3 Å². The highest BCUT2D eigenvalue weighted by atomic mass is 16.4. The molecule has 0 amide bonds. The van der Waals surface area contributed by atoms with Gasteiger partial charge >= 0.3 is 5.97 Å². The number of benzene rings is 1. The molecule has 0 saturated carbocycles. The first-order valence-corrected chi connectivity index (χ1v) is 6.74. The van der Waals surface area contributed by atoms with Gasteiger partial charge in [-0.15, -0.1) is 0 Å². The lowest BCUT2D eigenvalue weighted by atomic mass is 9.90. The van der Waals surface area contributed by atoms with Crippen LogP contribution in [0.25, 0.3) is 5.78 Å². The van der Waals surface area contributed by atoms with Gasteiger partial charge in [0.2, 0.25) is 0 Å². The molecule has 3 rings (SSSR count). The lowest BCUT2D eigenvalue weighted by Gasteiger charge is -2.18. The quantitative estimate of drug-likeness (QED) is 0.755. The number of hydrogen-bond donors (Lipinski definition) is 2. The summed E-state index contributed by atoms with van der Waals surface area (Å²) in [5.41, 5.74) is 1.90. The number of aromatic nitrogens is 4.